The van der Waals surface area contributed by atoms with Gasteiger partial charge in [0.15, 0.2) is 5.50 Å². The molecule has 1 aromatic heterocycles. The van der Waals surface area contributed by atoms with Crippen molar-refractivity contribution in [2.75, 3.05) is 37.0 Å². The third-order valence-electron chi connectivity index (χ3n) is 7.41. The normalized spacial score (nSPS) is 21.8. The second kappa shape index (κ2) is 8.78. The van der Waals surface area contributed by atoms with Crippen molar-refractivity contribution >= 4 is 29.0 Å². The minimum Gasteiger partial charge on any atom is -0.481 e. The van der Waals surface area contributed by atoms with Gasteiger partial charge in [0.05, 0.1) is 12.8 Å². The molecule has 184 valence electrons. The monoisotopic (exact) mass is 499 g/mol. The number of hydrogen-bond donors (Lipinski definition) is 2. The van der Waals surface area contributed by atoms with E-state index in [1.165, 1.54) is 16.7 Å². The van der Waals surface area contributed by atoms with E-state index in [1.54, 1.807) is 25.8 Å². The molecular formula is C28H29N5O2S. The summed E-state index contributed by atoms with van der Waals surface area (Å²) in [5.41, 5.74) is 5.59. The van der Waals surface area contributed by atoms with E-state index in [0.29, 0.717) is 5.88 Å². The molecule has 3 aliphatic heterocycles. The fraction of sp³-hybridized carbons (Fsp3) is 0.286. The predicted molar refractivity (Wildman–Crippen MR) is 144 cm³/mol. The molecule has 0 radical (unpaired) electrons. The van der Waals surface area contributed by atoms with Gasteiger partial charge in [-0.15, -0.1) is 0 Å². The number of fused-ring (bicyclic) bond motifs is 3. The summed E-state index contributed by atoms with van der Waals surface area (Å²) in [5, 5.41) is 7.93. The second-order valence-electron chi connectivity index (χ2n) is 9.59. The minimum atomic E-state index is -0.120. The maximum absolute atomic E-state index is 12.2. The summed E-state index contributed by atoms with van der Waals surface area (Å²) < 4.78 is 5.27. The Balaban J connectivity index is 1.29. The molecule has 0 saturated carbocycles. The summed E-state index contributed by atoms with van der Waals surface area (Å²) in [6.07, 6.45) is 0.938. The van der Waals surface area contributed by atoms with E-state index < -0.39 is 0 Å². The fourth-order valence-electron chi connectivity index (χ4n) is 5.52. The minimum absolute atomic E-state index is 0.0898. The van der Waals surface area contributed by atoms with Crippen LogP contribution in [-0.2, 0) is 10.2 Å². The molecule has 7 nitrogen and oxygen atoms in total. The number of likely N-dealkylation sites (tertiary alicyclic amines) is 1. The molecule has 1 amide bonds. The number of anilines is 2. The molecule has 0 bridgehead atoms. The van der Waals surface area contributed by atoms with Gasteiger partial charge in [-0.2, -0.15) is 0 Å². The van der Waals surface area contributed by atoms with Gasteiger partial charge < -0.3 is 25.2 Å². The van der Waals surface area contributed by atoms with Crippen LogP contribution < -0.4 is 20.3 Å². The highest BCUT2D eigenvalue weighted by atomic mass is 32.2. The van der Waals surface area contributed by atoms with Crippen molar-refractivity contribution in [1.29, 1.82) is 0 Å². The number of nitrogens with one attached hydrogen (secondary N) is 2. The molecule has 2 N–H and O–H groups in total. The molecule has 2 aromatic carbocycles. The predicted octanol–water partition coefficient (Wildman–Crippen LogP) is 4.63. The highest BCUT2D eigenvalue weighted by Gasteiger charge is 2.48. The molecule has 3 aromatic rings. The van der Waals surface area contributed by atoms with E-state index >= 15 is 0 Å². The Bertz CT molecular complexity index is 1350. The summed E-state index contributed by atoms with van der Waals surface area (Å²) in [7, 11) is 1.62. The van der Waals surface area contributed by atoms with E-state index in [4.69, 9.17) is 4.74 Å². The number of nitrogens with zero attached hydrogens (tertiary/aromatic N) is 3. The van der Waals surface area contributed by atoms with E-state index in [0.717, 1.165) is 48.3 Å². The molecule has 8 heteroatoms. The number of rotatable bonds is 5. The Hall–Kier alpha value is -3.65. The van der Waals surface area contributed by atoms with Crippen LogP contribution >= 0.6 is 11.8 Å². The van der Waals surface area contributed by atoms with Crippen LogP contribution in [0.3, 0.4) is 0 Å². The van der Waals surface area contributed by atoms with Gasteiger partial charge in [0.25, 0.3) is 0 Å². The first-order chi connectivity index (χ1) is 17.5. The number of ether oxygens (including phenoxy) is 1. The third-order valence-corrected chi connectivity index (χ3v) is 8.42. The summed E-state index contributed by atoms with van der Waals surface area (Å²) in [4.78, 5) is 21.0. The Morgan fingerprint density at radius 1 is 1.17 bits per heavy atom. The van der Waals surface area contributed by atoms with Crippen LogP contribution in [0.1, 0.15) is 18.9 Å². The molecule has 4 heterocycles. The first-order valence-corrected chi connectivity index (χ1v) is 13.0. The molecule has 1 fully saturated rings. The molecule has 3 aliphatic rings. The van der Waals surface area contributed by atoms with Crippen LogP contribution in [0.5, 0.6) is 5.88 Å². The summed E-state index contributed by atoms with van der Waals surface area (Å²) in [5.74, 6) is 1.56. The number of amides is 1. The zero-order chi connectivity index (χ0) is 24.9. The number of carbonyl (C=O) groups excluding carboxylic acids is 1. The van der Waals surface area contributed by atoms with Crippen LogP contribution in [0.4, 0.5) is 11.4 Å². The topological polar surface area (TPSA) is 69.7 Å². The smallest absolute Gasteiger partial charge is 0.219 e. The lowest BCUT2D eigenvalue weighted by Crippen LogP contribution is -2.41. The van der Waals surface area contributed by atoms with Gasteiger partial charge in [-0.1, -0.05) is 54.7 Å². The average molecular weight is 500 g/mol. The number of benzene rings is 2. The van der Waals surface area contributed by atoms with Crippen molar-refractivity contribution in [3.8, 4) is 17.0 Å². The molecule has 2 atom stereocenters. The van der Waals surface area contributed by atoms with Crippen molar-refractivity contribution in [2.45, 2.75) is 29.3 Å². The lowest BCUT2D eigenvalue weighted by molar-refractivity contribution is -0.127. The summed E-state index contributed by atoms with van der Waals surface area (Å²) in [6.45, 7) is 8.37. The van der Waals surface area contributed by atoms with Crippen LogP contribution in [-0.4, -0.2) is 48.0 Å². The summed E-state index contributed by atoms with van der Waals surface area (Å²) >= 11 is 1.61. The standard InChI is InChI=1S/C28H29N5O2S/c1-18(29-27-30-23-10-12-25(35-3)31-26(23)36-27)33-17-28(13-14-32(16-28)19(2)34)22-15-21(9-11-24(22)33)20-7-5-4-6-8-20/h4-12,15,27,29-30H,1,13-14,16-17H2,2-3H3. The zero-order valence-electron chi connectivity index (χ0n) is 20.5. The van der Waals surface area contributed by atoms with Gasteiger partial charge in [0.2, 0.25) is 11.8 Å². The lowest BCUT2D eigenvalue weighted by Gasteiger charge is -2.29. The van der Waals surface area contributed by atoms with E-state index in [1.807, 2.05) is 23.1 Å². The number of methoxy groups -OCH3 is 1. The molecule has 6 rings (SSSR count). The number of pyridine rings is 1. The van der Waals surface area contributed by atoms with E-state index in [-0.39, 0.29) is 16.8 Å². The Kier molecular flexibility index (Phi) is 5.56. The molecule has 36 heavy (non-hydrogen) atoms. The lowest BCUT2D eigenvalue weighted by atomic mass is 9.80. The number of hydrogen-bond acceptors (Lipinski definition) is 7. The zero-order valence-corrected chi connectivity index (χ0v) is 21.3. The Morgan fingerprint density at radius 2 is 2.00 bits per heavy atom. The van der Waals surface area contributed by atoms with Crippen molar-refractivity contribution in [3.63, 3.8) is 0 Å². The summed E-state index contributed by atoms with van der Waals surface area (Å²) in [6, 6.07) is 21.0. The van der Waals surface area contributed by atoms with Gasteiger partial charge in [-0.05, 0) is 41.3 Å². The molecule has 0 aliphatic carbocycles. The number of aromatic nitrogens is 1. The third kappa shape index (κ3) is 3.86. The van der Waals surface area contributed by atoms with Crippen molar-refractivity contribution in [1.82, 2.24) is 15.2 Å². The van der Waals surface area contributed by atoms with Gasteiger partial charge in [-0.3, -0.25) is 4.79 Å². The number of thioether (sulfide) groups is 1. The van der Waals surface area contributed by atoms with Crippen LogP contribution in [0.15, 0.2) is 78.1 Å². The highest BCUT2D eigenvalue weighted by Crippen LogP contribution is 2.49. The molecule has 2 unspecified atom stereocenters. The largest absolute Gasteiger partial charge is 0.481 e. The van der Waals surface area contributed by atoms with E-state index in [2.05, 4.69) is 69.6 Å². The first kappa shape index (κ1) is 22.8. The van der Waals surface area contributed by atoms with E-state index in [9.17, 15) is 4.79 Å². The molecular weight excluding hydrogens is 470 g/mol. The van der Waals surface area contributed by atoms with Gasteiger partial charge >= 0.3 is 0 Å². The van der Waals surface area contributed by atoms with Crippen LogP contribution in [0.2, 0.25) is 0 Å². The number of carbonyl (C=O) groups is 1. The first-order valence-electron chi connectivity index (χ1n) is 12.1. The Labute approximate surface area is 215 Å². The second-order valence-corrected chi connectivity index (χ2v) is 10.7. The SMILES string of the molecule is C=C(NC1Nc2ccc(OC)nc2S1)N1CC2(CCN(C(C)=O)C2)c2cc(-c3ccccc3)ccc21. The molecule has 1 spiro atoms. The van der Waals surface area contributed by atoms with Crippen LogP contribution in [0, 0.1) is 0 Å². The molecule has 1 saturated heterocycles. The van der Waals surface area contributed by atoms with Gasteiger partial charge in [0.1, 0.15) is 10.8 Å². The maximum atomic E-state index is 12.2. The maximum Gasteiger partial charge on any atom is 0.219 e. The van der Waals surface area contributed by atoms with Gasteiger partial charge in [0, 0.05) is 43.7 Å². The average Bonchev–Trinajstić information content (AvgIpc) is 3.60. The van der Waals surface area contributed by atoms with Crippen molar-refractivity contribution in [2.24, 2.45) is 0 Å². The van der Waals surface area contributed by atoms with Crippen molar-refractivity contribution < 1.29 is 9.53 Å². The Morgan fingerprint density at radius 3 is 2.75 bits per heavy atom. The van der Waals surface area contributed by atoms with Crippen LogP contribution in [0.25, 0.3) is 11.1 Å². The highest BCUT2D eigenvalue weighted by molar-refractivity contribution is 8.00. The van der Waals surface area contributed by atoms with Gasteiger partial charge in [-0.25, -0.2) is 4.98 Å². The quantitative estimate of drug-likeness (QED) is 0.531. The van der Waals surface area contributed by atoms with Crippen molar-refractivity contribution in [3.05, 3.63) is 78.6 Å². The fourth-order valence-corrected chi connectivity index (χ4v) is 6.53.